The van der Waals surface area contributed by atoms with Crippen LogP contribution < -0.4 is 10.9 Å². The van der Waals surface area contributed by atoms with Crippen LogP contribution in [0.3, 0.4) is 0 Å². The first-order valence-electron chi connectivity index (χ1n) is 6.40. The molecule has 110 valence electrons. The lowest BCUT2D eigenvalue weighted by molar-refractivity contribution is 0.0938. The Balaban J connectivity index is 2.27. The van der Waals surface area contributed by atoms with Crippen molar-refractivity contribution in [3.8, 4) is 0 Å². The zero-order valence-electron chi connectivity index (χ0n) is 11.8. The lowest BCUT2D eigenvalue weighted by Gasteiger charge is -2.14. The fourth-order valence-corrected chi connectivity index (χ4v) is 4.09. The maximum atomic E-state index is 12.2. The van der Waals surface area contributed by atoms with Gasteiger partial charge >= 0.3 is 0 Å². The highest BCUT2D eigenvalue weighted by Gasteiger charge is 2.30. The van der Waals surface area contributed by atoms with E-state index in [9.17, 15) is 18.0 Å². The van der Waals surface area contributed by atoms with Crippen molar-refractivity contribution in [2.24, 2.45) is 7.05 Å². The van der Waals surface area contributed by atoms with Crippen LogP contribution in [0.25, 0.3) is 0 Å². The summed E-state index contributed by atoms with van der Waals surface area (Å²) in [7, 11) is -1.45. The quantitative estimate of drug-likeness (QED) is 0.827. The molecule has 1 amide bonds. The van der Waals surface area contributed by atoms with Gasteiger partial charge in [-0.15, -0.1) is 0 Å². The van der Waals surface area contributed by atoms with Crippen LogP contribution >= 0.6 is 0 Å². The number of nitrogens with zero attached hydrogens (tertiary/aromatic N) is 1. The van der Waals surface area contributed by atoms with Crippen LogP contribution in [-0.2, 0) is 16.9 Å². The molecule has 1 N–H and O–H groups in total. The molecule has 0 radical (unpaired) electrons. The molecule has 7 heteroatoms. The first kappa shape index (κ1) is 14.8. The summed E-state index contributed by atoms with van der Waals surface area (Å²) in [4.78, 5) is 24.3. The fraction of sp³-hybridized carbons (Fsp3) is 0.538. The maximum absolute atomic E-state index is 12.2. The van der Waals surface area contributed by atoms with Crippen molar-refractivity contribution in [2.45, 2.75) is 26.3 Å². The van der Waals surface area contributed by atoms with E-state index in [2.05, 4.69) is 5.32 Å². The van der Waals surface area contributed by atoms with E-state index >= 15 is 0 Å². The third-order valence-corrected chi connectivity index (χ3v) is 5.43. The van der Waals surface area contributed by atoms with E-state index < -0.39 is 21.8 Å². The Morgan fingerprint density at radius 3 is 2.60 bits per heavy atom. The van der Waals surface area contributed by atoms with E-state index in [4.69, 9.17) is 0 Å². The number of aromatic nitrogens is 1. The van der Waals surface area contributed by atoms with Crippen LogP contribution in [0.2, 0.25) is 0 Å². The standard InChI is InChI=1S/C13H18N2O4S/c1-8-6-9(2)15(3)13(17)11(8)12(16)14-10-4-5-20(18,19)7-10/h6,10H,4-5,7H2,1-3H3,(H,14,16). The van der Waals surface area contributed by atoms with Crippen molar-refractivity contribution in [3.05, 3.63) is 33.2 Å². The van der Waals surface area contributed by atoms with Gasteiger partial charge in [0.2, 0.25) is 0 Å². The van der Waals surface area contributed by atoms with Crippen LogP contribution in [0, 0.1) is 13.8 Å². The zero-order chi connectivity index (χ0) is 15.1. The highest BCUT2D eigenvalue weighted by Crippen LogP contribution is 2.12. The van der Waals surface area contributed by atoms with Gasteiger partial charge in [-0.2, -0.15) is 0 Å². The third-order valence-electron chi connectivity index (χ3n) is 3.66. The van der Waals surface area contributed by atoms with Gasteiger partial charge in [0.1, 0.15) is 5.56 Å². The summed E-state index contributed by atoms with van der Waals surface area (Å²) in [5.74, 6) is -0.461. The van der Waals surface area contributed by atoms with E-state index in [1.807, 2.05) is 0 Å². The Morgan fingerprint density at radius 1 is 1.40 bits per heavy atom. The molecule has 0 saturated carbocycles. The molecule has 1 atom stereocenters. The number of carbonyl (C=O) groups is 1. The number of carbonyl (C=O) groups excluding carboxylic acids is 1. The number of hydrogen-bond acceptors (Lipinski definition) is 4. The molecule has 1 aromatic heterocycles. The van der Waals surface area contributed by atoms with Gasteiger partial charge in [-0.05, 0) is 31.9 Å². The zero-order valence-corrected chi connectivity index (χ0v) is 12.6. The van der Waals surface area contributed by atoms with Crippen LogP contribution in [0.4, 0.5) is 0 Å². The van der Waals surface area contributed by atoms with Crippen LogP contribution in [0.5, 0.6) is 0 Å². The van der Waals surface area contributed by atoms with Crippen LogP contribution in [0.15, 0.2) is 10.9 Å². The molecule has 2 rings (SSSR count). The smallest absolute Gasteiger partial charge is 0.263 e. The average Bonchev–Trinajstić information content (AvgIpc) is 2.65. The molecule has 20 heavy (non-hydrogen) atoms. The van der Waals surface area contributed by atoms with Gasteiger partial charge in [-0.1, -0.05) is 0 Å². The van der Waals surface area contributed by atoms with Crippen molar-refractivity contribution >= 4 is 15.7 Å². The van der Waals surface area contributed by atoms with Crippen molar-refractivity contribution in [1.29, 1.82) is 0 Å². The number of hydrogen-bond donors (Lipinski definition) is 1. The van der Waals surface area contributed by atoms with Crippen molar-refractivity contribution < 1.29 is 13.2 Å². The molecular formula is C13H18N2O4S. The normalized spacial score (nSPS) is 20.9. The second-order valence-corrected chi connectivity index (χ2v) is 7.51. The largest absolute Gasteiger partial charge is 0.348 e. The summed E-state index contributed by atoms with van der Waals surface area (Å²) in [6.45, 7) is 3.49. The number of rotatable bonds is 2. The van der Waals surface area contributed by atoms with E-state index in [1.54, 1.807) is 27.0 Å². The second kappa shape index (κ2) is 5.05. The number of sulfone groups is 1. The predicted molar refractivity (Wildman–Crippen MR) is 75.7 cm³/mol. The van der Waals surface area contributed by atoms with Gasteiger partial charge in [0, 0.05) is 18.8 Å². The molecule has 0 spiro atoms. The number of nitrogens with one attached hydrogen (secondary N) is 1. The molecule has 1 unspecified atom stereocenters. The highest BCUT2D eigenvalue weighted by atomic mass is 32.2. The van der Waals surface area contributed by atoms with E-state index in [-0.39, 0.29) is 22.6 Å². The summed E-state index contributed by atoms with van der Waals surface area (Å²) in [6.07, 6.45) is 0.402. The fourth-order valence-electron chi connectivity index (χ4n) is 2.42. The predicted octanol–water partition coefficient (Wildman–Crippen LogP) is -0.0810. The molecule has 1 aromatic rings. The van der Waals surface area contributed by atoms with Crippen LogP contribution in [0.1, 0.15) is 28.0 Å². The van der Waals surface area contributed by atoms with Gasteiger partial charge in [-0.25, -0.2) is 8.42 Å². The molecular weight excluding hydrogens is 280 g/mol. The molecule has 0 aliphatic carbocycles. The molecule has 1 saturated heterocycles. The average molecular weight is 298 g/mol. The lowest BCUT2D eigenvalue weighted by Crippen LogP contribution is -2.40. The van der Waals surface area contributed by atoms with Crippen molar-refractivity contribution in [2.75, 3.05) is 11.5 Å². The monoisotopic (exact) mass is 298 g/mol. The number of aryl methyl sites for hydroxylation is 2. The minimum Gasteiger partial charge on any atom is -0.348 e. The molecule has 1 aliphatic rings. The van der Waals surface area contributed by atoms with Gasteiger partial charge in [-0.3, -0.25) is 9.59 Å². The highest BCUT2D eigenvalue weighted by molar-refractivity contribution is 7.91. The Bertz CT molecular complexity index is 719. The lowest BCUT2D eigenvalue weighted by atomic mass is 10.1. The number of amides is 1. The summed E-state index contributed by atoms with van der Waals surface area (Å²) in [5, 5.41) is 2.65. The molecule has 2 heterocycles. The molecule has 0 bridgehead atoms. The summed E-state index contributed by atoms with van der Waals surface area (Å²) in [6, 6.07) is 1.36. The van der Waals surface area contributed by atoms with E-state index in [1.165, 1.54) is 4.57 Å². The summed E-state index contributed by atoms with van der Waals surface area (Å²) >= 11 is 0. The van der Waals surface area contributed by atoms with Gasteiger partial charge in [0.25, 0.3) is 11.5 Å². The third kappa shape index (κ3) is 2.77. The maximum Gasteiger partial charge on any atom is 0.263 e. The van der Waals surface area contributed by atoms with Crippen molar-refractivity contribution in [1.82, 2.24) is 9.88 Å². The second-order valence-electron chi connectivity index (χ2n) is 5.28. The summed E-state index contributed by atoms with van der Waals surface area (Å²) in [5.41, 5.74) is 1.10. The van der Waals surface area contributed by atoms with Crippen molar-refractivity contribution in [3.63, 3.8) is 0 Å². The molecule has 6 nitrogen and oxygen atoms in total. The summed E-state index contributed by atoms with van der Waals surface area (Å²) < 4.78 is 24.2. The Hall–Kier alpha value is -1.63. The van der Waals surface area contributed by atoms with E-state index in [0.717, 1.165) is 5.69 Å². The first-order chi connectivity index (χ1) is 9.21. The Labute approximate surface area is 117 Å². The van der Waals surface area contributed by atoms with E-state index in [0.29, 0.717) is 12.0 Å². The molecule has 1 fully saturated rings. The van der Waals surface area contributed by atoms with Gasteiger partial charge < -0.3 is 9.88 Å². The minimum absolute atomic E-state index is 0.0516. The Morgan fingerprint density at radius 2 is 2.05 bits per heavy atom. The minimum atomic E-state index is -3.06. The SMILES string of the molecule is Cc1cc(C)n(C)c(=O)c1C(=O)NC1CCS(=O)(=O)C1. The topological polar surface area (TPSA) is 85.2 Å². The van der Waals surface area contributed by atoms with Gasteiger partial charge in [0.05, 0.1) is 11.5 Å². The number of pyridine rings is 1. The Kier molecular flexibility index (Phi) is 3.73. The van der Waals surface area contributed by atoms with Crippen LogP contribution in [-0.4, -0.2) is 36.4 Å². The molecule has 0 aromatic carbocycles. The first-order valence-corrected chi connectivity index (χ1v) is 8.22. The van der Waals surface area contributed by atoms with Gasteiger partial charge in [0.15, 0.2) is 9.84 Å². The molecule has 1 aliphatic heterocycles.